The molecule has 0 spiro atoms. The van der Waals surface area contributed by atoms with Crippen LogP contribution in [0.5, 0.6) is 0 Å². The molecule has 0 aromatic heterocycles. The van der Waals surface area contributed by atoms with Crippen molar-refractivity contribution >= 4 is 11.8 Å². The lowest BCUT2D eigenvalue weighted by Crippen LogP contribution is -2.64. The molecule has 1 heterocycles. The second kappa shape index (κ2) is 2.65. The molecule has 0 aromatic rings. The minimum Gasteiger partial charge on any atom is -0.196 e. The number of nitriles is 4. The largest absolute Gasteiger partial charge is 0.222 e. The Bertz CT molecular complexity index is 409. The summed E-state index contributed by atoms with van der Waals surface area (Å²) in [4.78, 5) is 0. The number of thioether (sulfide) groups is 1. The average Bonchev–Trinajstić information content (AvgIpc) is 2.16. The summed E-state index contributed by atoms with van der Waals surface area (Å²) in [6.07, 6.45) is 0. The molecule has 0 aliphatic carbocycles. The zero-order valence-corrected chi connectivity index (χ0v) is 8.51. The predicted octanol–water partition coefficient (Wildman–Crippen LogP) is 1.33. The molecular weight excluding hydrogens is 196 g/mol. The van der Waals surface area contributed by atoms with Crippen LogP contribution in [0.1, 0.15) is 13.8 Å². The SMILES string of the molecule is CC1(C)SC(C#N)(C#N)C1(C#N)C#N. The van der Waals surface area contributed by atoms with E-state index in [-0.39, 0.29) is 0 Å². The van der Waals surface area contributed by atoms with Crippen LogP contribution in [0.25, 0.3) is 0 Å². The Morgan fingerprint density at radius 2 is 1.29 bits per heavy atom. The summed E-state index contributed by atoms with van der Waals surface area (Å²) < 4.78 is -2.22. The number of nitrogens with zero attached hydrogens (tertiary/aromatic N) is 4. The molecule has 1 aliphatic heterocycles. The maximum atomic E-state index is 8.98. The third kappa shape index (κ3) is 0.759. The highest BCUT2D eigenvalue weighted by Crippen LogP contribution is 2.66. The van der Waals surface area contributed by atoms with Gasteiger partial charge in [-0.2, -0.15) is 21.0 Å². The smallest absolute Gasteiger partial charge is 0.196 e. The van der Waals surface area contributed by atoms with Gasteiger partial charge in [0.2, 0.25) is 4.75 Å². The Hall–Kier alpha value is -1.69. The van der Waals surface area contributed by atoms with Crippen LogP contribution in [-0.4, -0.2) is 9.49 Å². The summed E-state index contributed by atoms with van der Waals surface area (Å²) in [6.45, 7) is 3.38. The predicted molar refractivity (Wildman–Crippen MR) is 49.3 cm³/mol. The Balaban J connectivity index is 3.41. The van der Waals surface area contributed by atoms with Crippen molar-refractivity contribution in [2.75, 3.05) is 0 Å². The first-order valence-electron chi connectivity index (χ1n) is 3.80. The average molecular weight is 202 g/mol. The van der Waals surface area contributed by atoms with E-state index in [1.165, 1.54) is 0 Å². The van der Waals surface area contributed by atoms with E-state index in [4.69, 9.17) is 21.0 Å². The van der Waals surface area contributed by atoms with E-state index in [0.29, 0.717) is 0 Å². The second-order valence-electron chi connectivity index (χ2n) is 3.49. The van der Waals surface area contributed by atoms with Gasteiger partial charge in [-0.15, -0.1) is 11.8 Å². The molecule has 0 radical (unpaired) electrons. The van der Waals surface area contributed by atoms with Crippen molar-refractivity contribution in [1.29, 1.82) is 21.0 Å². The van der Waals surface area contributed by atoms with Crippen molar-refractivity contribution < 1.29 is 0 Å². The van der Waals surface area contributed by atoms with Gasteiger partial charge in [-0.25, -0.2) is 0 Å². The van der Waals surface area contributed by atoms with E-state index in [2.05, 4.69) is 0 Å². The van der Waals surface area contributed by atoms with Gasteiger partial charge in [0, 0.05) is 4.75 Å². The molecule has 0 amide bonds. The molecule has 5 heteroatoms. The molecule has 0 saturated carbocycles. The van der Waals surface area contributed by atoms with Gasteiger partial charge < -0.3 is 0 Å². The van der Waals surface area contributed by atoms with Crippen molar-refractivity contribution in [1.82, 2.24) is 0 Å². The fraction of sp³-hybridized carbons (Fsp3) is 0.556. The van der Waals surface area contributed by atoms with Crippen LogP contribution >= 0.6 is 11.8 Å². The van der Waals surface area contributed by atoms with E-state index in [9.17, 15) is 0 Å². The van der Waals surface area contributed by atoms with E-state index >= 15 is 0 Å². The summed E-state index contributed by atoms with van der Waals surface area (Å²) in [6, 6.07) is 7.18. The second-order valence-corrected chi connectivity index (χ2v) is 5.33. The van der Waals surface area contributed by atoms with Crippen LogP contribution < -0.4 is 0 Å². The van der Waals surface area contributed by atoms with E-state index < -0.39 is 14.9 Å². The first kappa shape index (κ1) is 10.4. The molecule has 1 rings (SSSR count). The molecule has 0 unspecified atom stereocenters. The normalized spacial score (nSPS) is 24.1. The molecule has 1 saturated heterocycles. The molecule has 14 heavy (non-hydrogen) atoms. The van der Waals surface area contributed by atoms with Gasteiger partial charge in [0.25, 0.3) is 0 Å². The highest BCUT2D eigenvalue weighted by Gasteiger charge is 2.75. The monoisotopic (exact) mass is 202 g/mol. The van der Waals surface area contributed by atoms with Crippen LogP contribution in [0.3, 0.4) is 0 Å². The fourth-order valence-electron chi connectivity index (χ4n) is 1.60. The lowest BCUT2D eigenvalue weighted by molar-refractivity contribution is 0.338. The first-order chi connectivity index (χ1) is 6.45. The fourth-order valence-corrected chi connectivity index (χ4v) is 3.20. The zero-order valence-electron chi connectivity index (χ0n) is 7.70. The summed E-state index contributed by atoms with van der Waals surface area (Å²) in [5, 5.41) is 35.7. The number of rotatable bonds is 0. The molecular formula is C9H6N4S. The molecule has 0 atom stereocenters. The van der Waals surface area contributed by atoms with Gasteiger partial charge in [-0.05, 0) is 13.8 Å². The maximum Gasteiger partial charge on any atom is 0.222 e. The summed E-state index contributed by atoms with van der Waals surface area (Å²) in [7, 11) is 0. The molecule has 0 aromatic carbocycles. The lowest BCUT2D eigenvalue weighted by Gasteiger charge is -2.53. The van der Waals surface area contributed by atoms with Crippen LogP contribution in [0.4, 0.5) is 0 Å². The van der Waals surface area contributed by atoms with Crippen molar-refractivity contribution in [3.8, 4) is 24.3 Å². The Labute approximate surface area is 86.3 Å². The summed E-state index contributed by atoms with van der Waals surface area (Å²) >= 11 is 1.07. The van der Waals surface area contributed by atoms with E-state index in [1.54, 1.807) is 26.0 Å². The van der Waals surface area contributed by atoms with Crippen LogP contribution in [-0.2, 0) is 0 Å². The summed E-state index contributed by atoms with van der Waals surface area (Å²) in [5.41, 5.74) is -1.53. The van der Waals surface area contributed by atoms with Gasteiger partial charge in [-0.1, -0.05) is 0 Å². The van der Waals surface area contributed by atoms with Crippen molar-refractivity contribution in [2.45, 2.75) is 23.3 Å². The minimum absolute atomic E-state index is 0.679. The van der Waals surface area contributed by atoms with Crippen LogP contribution in [0.2, 0.25) is 0 Å². The van der Waals surface area contributed by atoms with Crippen LogP contribution in [0.15, 0.2) is 0 Å². The number of hydrogen-bond acceptors (Lipinski definition) is 5. The third-order valence-electron chi connectivity index (χ3n) is 2.49. The minimum atomic E-state index is -1.54. The molecule has 0 bridgehead atoms. The van der Waals surface area contributed by atoms with Gasteiger partial charge in [0.1, 0.15) is 0 Å². The zero-order chi connectivity index (χ0) is 11.0. The highest BCUT2D eigenvalue weighted by atomic mass is 32.2. The third-order valence-corrected chi connectivity index (χ3v) is 4.10. The standard InChI is InChI=1S/C9H6N4S/c1-7(2)8(3-10,4-11)9(5-12,6-13)14-7/h1-2H3. The molecule has 1 aliphatic rings. The van der Waals surface area contributed by atoms with Crippen molar-refractivity contribution in [3.05, 3.63) is 0 Å². The van der Waals surface area contributed by atoms with Gasteiger partial charge >= 0.3 is 0 Å². The van der Waals surface area contributed by atoms with Gasteiger partial charge in [0.05, 0.1) is 24.3 Å². The van der Waals surface area contributed by atoms with Gasteiger partial charge in [0.15, 0.2) is 5.41 Å². The Morgan fingerprint density at radius 3 is 1.43 bits per heavy atom. The van der Waals surface area contributed by atoms with E-state index in [1.807, 2.05) is 12.1 Å². The molecule has 0 N–H and O–H groups in total. The van der Waals surface area contributed by atoms with Gasteiger partial charge in [-0.3, -0.25) is 0 Å². The molecule has 4 nitrogen and oxygen atoms in total. The molecule has 1 fully saturated rings. The Morgan fingerprint density at radius 1 is 0.857 bits per heavy atom. The Kier molecular flexibility index (Phi) is 1.96. The van der Waals surface area contributed by atoms with E-state index in [0.717, 1.165) is 11.8 Å². The maximum absolute atomic E-state index is 8.98. The van der Waals surface area contributed by atoms with Crippen molar-refractivity contribution in [2.24, 2.45) is 5.41 Å². The molecule has 68 valence electrons. The topological polar surface area (TPSA) is 95.2 Å². The highest BCUT2D eigenvalue weighted by molar-refractivity contribution is 8.04. The van der Waals surface area contributed by atoms with Crippen LogP contribution in [0, 0.1) is 50.7 Å². The number of hydrogen-bond donors (Lipinski definition) is 0. The first-order valence-corrected chi connectivity index (χ1v) is 4.62. The lowest BCUT2D eigenvalue weighted by atomic mass is 9.68. The quantitative estimate of drug-likeness (QED) is 0.590. The van der Waals surface area contributed by atoms with Crippen molar-refractivity contribution in [3.63, 3.8) is 0 Å². The summed E-state index contributed by atoms with van der Waals surface area (Å²) in [5.74, 6) is 0.